The van der Waals surface area contributed by atoms with Crippen LogP contribution in [0.5, 0.6) is 0 Å². The van der Waals surface area contributed by atoms with E-state index in [0.29, 0.717) is 19.4 Å². The van der Waals surface area contributed by atoms with Crippen LogP contribution in [0.3, 0.4) is 0 Å². The van der Waals surface area contributed by atoms with Crippen molar-refractivity contribution in [1.82, 2.24) is 15.1 Å². The quantitative estimate of drug-likeness (QED) is 0.774. The largest absolute Gasteiger partial charge is 0.314 e. The maximum atomic E-state index is 11.7. The van der Waals surface area contributed by atoms with Gasteiger partial charge in [-0.25, -0.2) is 0 Å². The van der Waals surface area contributed by atoms with Crippen molar-refractivity contribution in [3.8, 4) is 0 Å². The first kappa shape index (κ1) is 14.0. The molecule has 0 bridgehead atoms. The highest BCUT2D eigenvalue weighted by molar-refractivity contribution is 6.01. The van der Waals surface area contributed by atoms with Gasteiger partial charge in [0.05, 0.1) is 0 Å². The number of imide groups is 1. The number of likely N-dealkylation sites (tertiary alicyclic amines) is 1. The van der Waals surface area contributed by atoms with Gasteiger partial charge in [-0.3, -0.25) is 19.4 Å². The molecule has 0 atom stereocenters. The van der Waals surface area contributed by atoms with E-state index >= 15 is 0 Å². The lowest BCUT2D eigenvalue weighted by Crippen LogP contribution is -2.63. The molecular weight excluding hydrogens is 254 g/mol. The summed E-state index contributed by atoms with van der Waals surface area (Å²) in [5.74, 6) is 0.0330. The Morgan fingerprint density at radius 3 is 2.40 bits per heavy atom. The molecule has 5 heteroatoms. The zero-order valence-corrected chi connectivity index (χ0v) is 12.2. The minimum Gasteiger partial charge on any atom is -0.314 e. The van der Waals surface area contributed by atoms with E-state index in [4.69, 9.17) is 0 Å². The molecule has 2 heterocycles. The molecule has 3 aliphatic rings. The average Bonchev–Trinajstić information content (AvgIpc) is 2.78. The average molecular weight is 279 g/mol. The third-order valence-electron chi connectivity index (χ3n) is 5.22. The van der Waals surface area contributed by atoms with Crippen molar-refractivity contribution >= 4 is 11.8 Å². The standard InChI is InChI=1S/C15H25N3O2/c19-13-4-5-14(20)18(13)11-10-17-9-8-16-12-15(17)6-2-1-3-7-15/h16H,1-12H2. The van der Waals surface area contributed by atoms with E-state index in [1.807, 2.05) is 0 Å². The number of rotatable bonds is 3. The lowest BCUT2D eigenvalue weighted by molar-refractivity contribution is -0.139. The van der Waals surface area contributed by atoms with Gasteiger partial charge in [0.1, 0.15) is 0 Å². The molecule has 2 aliphatic heterocycles. The molecule has 3 fully saturated rings. The fourth-order valence-corrected chi connectivity index (χ4v) is 4.03. The predicted molar refractivity (Wildman–Crippen MR) is 76.2 cm³/mol. The zero-order chi connectivity index (χ0) is 14.0. The second kappa shape index (κ2) is 5.82. The Bertz CT molecular complexity index is 366. The molecule has 1 spiro atoms. The molecule has 20 heavy (non-hydrogen) atoms. The van der Waals surface area contributed by atoms with Crippen molar-refractivity contribution in [1.29, 1.82) is 0 Å². The van der Waals surface area contributed by atoms with Gasteiger partial charge in [-0.2, -0.15) is 0 Å². The Balaban J connectivity index is 1.62. The normalized spacial score (nSPS) is 27.5. The fourth-order valence-electron chi connectivity index (χ4n) is 4.03. The summed E-state index contributed by atoms with van der Waals surface area (Å²) in [5, 5.41) is 3.53. The Morgan fingerprint density at radius 2 is 1.70 bits per heavy atom. The van der Waals surface area contributed by atoms with Gasteiger partial charge < -0.3 is 5.32 Å². The van der Waals surface area contributed by atoms with Crippen LogP contribution < -0.4 is 5.32 Å². The zero-order valence-electron chi connectivity index (χ0n) is 12.2. The monoisotopic (exact) mass is 279 g/mol. The number of carbonyl (C=O) groups is 2. The van der Waals surface area contributed by atoms with Crippen LogP contribution in [0.2, 0.25) is 0 Å². The third-order valence-corrected chi connectivity index (χ3v) is 5.22. The second-order valence-electron chi connectivity index (χ2n) is 6.39. The summed E-state index contributed by atoms with van der Waals surface area (Å²) in [7, 11) is 0. The van der Waals surface area contributed by atoms with Gasteiger partial charge in [0.2, 0.25) is 11.8 Å². The molecule has 112 valence electrons. The van der Waals surface area contributed by atoms with Crippen molar-refractivity contribution in [2.75, 3.05) is 32.7 Å². The number of nitrogens with zero attached hydrogens (tertiary/aromatic N) is 2. The topological polar surface area (TPSA) is 52.7 Å². The SMILES string of the molecule is O=C1CCC(=O)N1CCN1CCNCC12CCCCC2. The molecule has 2 saturated heterocycles. The summed E-state index contributed by atoms with van der Waals surface area (Å²) in [6.07, 6.45) is 7.28. The number of hydrogen-bond donors (Lipinski definition) is 1. The van der Waals surface area contributed by atoms with Crippen LogP contribution in [-0.4, -0.2) is 59.9 Å². The van der Waals surface area contributed by atoms with Crippen LogP contribution >= 0.6 is 0 Å². The fraction of sp³-hybridized carbons (Fsp3) is 0.867. The van der Waals surface area contributed by atoms with Gasteiger partial charge in [0.25, 0.3) is 0 Å². The van der Waals surface area contributed by atoms with E-state index in [1.165, 1.54) is 37.0 Å². The van der Waals surface area contributed by atoms with Gasteiger partial charge in [-0.05, 0) is 12.8 Å². The van der Waals surface area contributed by atoms with Gasteiger partial charge in [0, 0.05) is 51.1 Å². The summed E-state index contributed by atoms with van der Waals surface area (Å²) in [4.78, 5) is 27.4. The summed E-state index contributed by atoms with van der Waals surface area (Å²) >= 11 is 0. The Hall–Kier alpha value is -0.940. The molecule has 1 aliphatic carbocycles. The van der Waals surface area contributed by atoms with Crippen molar-refractivity contribution in [2.24, 2.45) is 0 Å². The van der Waals surface area contributed by atoms with E-state index in [9.17, 15) is 9.59 Å². The summed E-state index contributed by atoms with van der Waals surface area (Å²) in [6.45, 7) is 4.55. The molecule has 0 aromatic carbocycles. The van der Waals surface area contributed by atoms with E-state index in [2.05, 4.69) is 10.2 Å². The van der Waals surface area contributed by atoms with Crippen LogP contribution in [-0.2, 0) is 9.59 Å². The Labute approximate surface area is 120 Å². The number of carbonyl (C=O) groups excluding carboxylic acids is 2. The molecule has 0 radical (unpaired) electrons. The smallest absolute Gasteiger partial charge is 0.229 e. The summed E-state index contributed by atoms with van der Waals surface area (Å²) in [5.41, 5.74) is 0.280. The molecule has 0 aromatic heterocycles. The molecular formula is C15H25N3O2. The van der Waals surface area contributed by atoms with Crippen LogP contribution in [0.15, 0.2) is 0 Å². The van der Waals surface area contributed by atoms with Gasteiger partial charge in [-0.15, -0.1) is 0 Å². The van der Waals surface area contributed by atoms with Crippen LogP contribution in [0.4, 0.5) is 0 Å². The molecule has 1 N–H and O–H groups in total. The van der Waals surface area contributed by atoms with Crippen molar-refractivity contribution < 1.29 is 9.59 Å². The van der Waals surface area contributed by atoms with Crippen molar-refractivity contribution in [2.45, 2.75) is 50.5 Å². The molecule has 0 aromatic rings. The Morgan fingerprint density at radius 1 is 1.00 bits per heavy atom. The number of nitrogens with one attached hydrogen (secondary N) is 1. The number of piperazine rings is 1. The van der Waals surface area contributed by atoms with E-state index < -0.39 is 0 Å². The lowest BCUT2D eigenvalue weighted by atomic mass is 9.79. The molecule has 5 nitrogen and oxygen atoms in total. The molecule has 3 rings (SSSR count). The van der Waals surface area contributed by atoms with Gasteiger partial charge in [0.15, 0.2) is 0 Å². The summed E-state index contributed by atoms with van der Waals surface area (Å²) < 4.78 is 0. The highest BCUT2D eigenvalue weighted by Gasteiger charge is 2.40. The number of hydrogen-bond acceptors (Lipinski definition) is 4. The first-order valence-electron chi connectivity index (χ1n) is 8.00. The van der Waals surface area contributed by atoms with E-state index in [0.717, 1.165) is 26.2 Å². The maximum absolute atomic E-state index is 11.7. The third kappa shape index (κ3) is 2.61. The van der Waals surface area contributed by atoms with Crippen LogP contribution in [0, 0.1) is 0 Å². The second-order valence-corrected chi connectivity index (χ2v) is 6.39. The van der Waals surface area contributed by atoms with Crippen LogP contribution in [0.25, 0.3) is 0 Å². The van der Waals surface area contributed by atoms with Gasteiger partial charge in [-0.1, -0.05) is 19.3 Å². The molecule has 2 amide bonds. The van der Waals surface area contributed by atoms with Crippen molar-refractivity contribution in [3.63, 3.8) is 0 Å². The van der Waals surface area contributed by atoms with Gasteiger partial charge >= 0.3 is 0 Å². The van der Waals surface area contributed by atoms with E-state index in [-0.39, 0.29) is 17.4 Å². The number of amides is 2. The summed E-state index contributed by atoms with van der Waals surface area (Å²) in [6, 6.07) is 0. The highest BCUT2D eigenvalue weighted by Crippen LogP contribution is 2.34. The molecule has 1 saturated carbocycles. The van der Waals surface area contributed by atoms with Crippen LogP contribution in [0.1, 0.15) is 44.9 Å². The predicted octanol–water partition coefficient (Wildman–Crippen LogP) is 0.743. The van der Waals surface area contributed by atoms with E-state index in [1.54, 1.807) is 0 Å². The van der Waals surface area contributed by atoms with Crippen molar-refractivity contribution in [3.05, 3.63) is 0 Å². The molecule has 0 unspecified atom stereocenters. The lowest BCUT2D eigenvalue weighted by Gasteiger charge is -2.50. The first-order chi connectivity index (χ1) is 9.71. The maximum Gasteiger partial charge on any atom is 0.229 e. The minimum atomic E-state index is 0.0165. The highest BCUT2D eigenvalue weighted by atomic mass is 16.2. The first-order valence-corrected chi connectivity index (χ1v) is 8.00. The Kier molecular flexibility index (Phi) is 4.08. The minimum absolute atomic E-state index is 0.0165.